The Hall–Kier alpha value is -0.340. The van der Waals surface area contributed by atoms with E-state index in [9.17, 15) is 0 Å². The summed E-state index contributed by atoms with van der Waals surface area (Å²) in [7, 11) is 4.04. The van der Waals surface area contributed by atoms with E-state index in [0.29, 0.717) is 0 Å². The second kappa shape index (κ2) is 6.21. The maximum absolute atomic E-state index is 5.91. The van der Waals surface area contributed by atoms with Crippen LogP contribution in [0.2, 0.25) is 0 Å². The summed E-state index contributed by atoms with van der Waals surface area (Å²) >= 11 is 0. The Morgan fingerprint density at radius 1 is 1.42 bits per heavy atom. The van der Waals surface area contributed by atoms with Crippen molar-refractivity contribution < 1.29 is 0 Å². The molecule has 0 aliphatic rings. The first-order chi connectivity index (χ1) is 5.61. The number of rotatable bonds is 5. The lowest BCUT2D eigenvalue weighted by Gasteiger charge is -2.20. The summed E-state index contributed by atoms with van der Waals surface area (Å²) in [5.41, 5.74) is 7.38. The molecule has 0 fully saturated rings. The molecular formula is C10H22N2. The van der Waals surface area contributed by atoms with Crippen molar-refractivity contribution in [1.29, 1.82) is 0 Å². The van der Waals surface area contributed by atoms with Crippen LogP contribution in [0, 0.1) is 0 Å². The summed E-state index contributed by atoms with van der Waals surface area (Å²) in [6.45, 7) is 4.35. The van der Waals surface area contributed by atoms with Crippen molar-refractivity contribution in [2.45, 2.75) is 39.3 Å². The molecule has 0 aromatic heterocycles. The molecule has 2 N–H and O–H groups in total. The minimum Gasteiger partial charge on any atom is -0.315 e. The van der Waals surface area contributed by atoms with Crippen LogP contribution in [0.15, 0.2) is 11.6 Å². The van der Waals surface area contributed by atoms with Gasteiger partial charge in [0.25, 0.3) is 0 Å². The van der Waals surface area contributed by atoms with Crippen molar-refractivity contribution in [1.82, 2.24) is 4.90 Å². The van der Waals surface area contributed by atoms with E-state index in [2.05, 4.69) is 24.8 Å². The predicted octanol–water partition coefficient (Wildman–Crippen LogP) is 1.97. The van der Waals surface area contributed by atoms with Gasteiger partial charge in [0.05, 0.1) is 6.17 Å². The quantitative estimate of drug-likeness (QED) is 0.505. The van der Waals surface area contributed by atoms with Gasteiger partial charge in [0.15, 0.2) is 0 Å². The zero-order valence-electron chi connectivity index (χ0n) is 8.80. The van der Waals surface area contributed by atoms with Gasteiger partial charge in [-0.2, -0.15) is 0 Å². The van der Waals surface area contributed by atoms with Crippen LogP contribution in [-0.4, -0.2) is 25.2 Å². The minimum atomic E-state index is 0.169. The number of allylic oxidation sites excluding steroid dienone is 1. The molecule has 1 atom stereocenters. The van der Waals surface area contributed by atoms with Gasteiger partial charge in [-0.1, -0.05) is 25.5 Å². The zero-order valence-corrected chi connectivity index (χ0v) is 8.80. The molecule has 2 heteroatoms. The van der Waals surface area contributed by atoms with Gasteiger partial charge in [-0.25, -0.2) is 0 Å². The smallest absolute Gasteiger partial charge is 0.0604 e. The predicted molar refractivity (Wildman–Crippen MR) is 54.9 cm³/mol. The number of nitrogens with zero attached hydrogens (tertiary/aromatic N) is 1. The van der Waals surface area contributed by atoms with E-state index in [0.717, 1.165) is 19.3 Å². The largest absolute Gasteiger partial charge is 0.315 e. The Bertz CT molecular complexity index is 139. The molecule has 2 nitrogen and oxygen atoms in total. The lowest BCUT2D eigenvalue weighted by Crippen LogP contribution is -2.36. The fourth-order valence-electron chi connectivity index (χ4n) is 1.11. The summed E-state index contributed by atoms with van der Waals surface area (Å²) in [5.74, 6) is 0. The molecule has 0 aromatic carbocycles. The molecule has 0 radical (unpaired) electrons. The van der Waals surface area contributed by atoms with Gasteiger partial charge in [0.1, 0.15) is 0 Å². The highest BCUT2D eigenvalue weighted by Crippen LogP contribution is 2.10. The molecule has 0 aliphatic carbocycles. The van der Waals surface area contributed by atoms with Crippen molar-refractivity contribution in [3.8, 4) is 0 Å². The van der Waals surface area contributed by atoms with Crippen LogP contribution in [0.4, 0.5) is 0 Å². The van der Waals surface area contributed by atoms with Crippen molar-refractivity contribution in [3.05, 3.63) is 11.6 Å². The molecule has 0 saturated carbocycles. The maximum Gasteiger partial charge on any atom is 0.0604 e. The van der Waals surface area contributed by atoms with Crippen LogP contribution in [0.1, 0.15) is 33.1 Å². The van der Waals surface area contributed by atoms with Crippen LogP contribution in [0.25, 0.3) is 0 Å². The van der Waals surface area contributed by atoms with Crippen molar-refractivity contribution in [3.63, 3.8) is 0 Å². The second-order valence-electron chi connectivity index (χ2n) is 3.36. The highest BCUT2D eigenvalue weighted by molar-refractivity contribution is 5.02. The monoisotopic (exact) mass is 170 g/mol. The Morgan fingerprint density at radius 2 is 2.00 bits per heavy atom. The van der Waals surface area contributed by atoms with E-state index >= 15 is 0 Å². The van der Waals surface area contributed by atoms with Gasteiger partial charge in [0, 0.05) is 0 Å². The maximum atomic E-state index is 5.91. The molecule has 0 spiro atoms. The van der Waals surface area contributed by atoms with E-state index in [1.807, 2.05) is 14.1 Å². The lowest BCUT2D eigenvalue weighted by molar-refractivity contribution is 0.297. The van der Waals surface area contributed by atoms with Crippen LogP contribution < -0.4 is 5.73 Å². The number of hydrogen-bond donors (Lipinski definition) is 1. The van der Waals surface area contributed by atoms with Crippen LogP contribution in [0.5, 0.6) is 0 Å². The van der Waals surface area contributed by atoms with E-state index < -0.39 is 0 Å². The third kappa shape index (κ3) is 4.52. The van der Waals surface area contributed by atoms with E-state index in [-0.39, 0.29) is 6.17 Å². The normalized spacial score (nSPS) is 15.3. The van der Waals surface area contributed by atoms with Gasteiger partial charge in [-0.3, -0.25) is 4.90 Å². The van der Waals surface area contributed by atoms with E-state index in [4.69, 9.17) is 5.73 Å². The Balaban J connectivity index is 3.94. The molecular weight excluding hydrogens is 148 g/mol. The average Bonchev–Trinajstić information content (AvgIpc) is 2.03. The topological polar surface area (TPSA) is 29.3 Å². The SMILES string of the molecule is CC/C=C(/CC)CC(N)N(C)C. The summed E-state index contributed by atoms with van der Waals surface area (Å²) in [5, 5.41) is 0. The van der Waals surface area contributed by atoms with Crippen molar-refractivity contribution in [2.75, 3.05) is 14.1 Å². The van der Waals surface area contributed by atoms with Crippen molar-refractivity contribution >= 4 is 0 Å². The molecule has 0 heterocycles. The van der Waals surface area contributed by atoms with Crippen LogP contribution in [-0.2, 0) is 0 Å². The lowest BCUT2D eigenvalue weighted by atomic mass is 10.1. The molecule has 0 rings (SSSR count). The van der Waals surface area contributed by atoms with Crippen molar-refractivity contribution in [2.24, 2.45) is 5.73 Å². The highest BCUT2D eigenvalue weighted by Gasteiger charge is 2.05. The molecule has 1 unspecified atom stereocenters. The number of hydrogen-bond acceptors (Lipinski definition) is 2. The van der Waals surface area contributed by atoms with E-state index in [1.165, 1.54) is 5.57 Å². The molecule has 0 aliphatic heterocycles. The fraction of sp³-hybridized carbons (Fsp3) is 0.800. The molecule has 0 amide bonds. The van der Waals surface area contributed by atoms with Gasteiger partial charge < -0.3 is 5.73 Å². The van der Waals surface area contributed by atoms with E-state index in [1.54, 1.807) is 0 Å². The summed E-state index contributed by atoms with van der Waals surface area (Å²) in [6.07, 6.45) is 5.68. The number of nitrogens with two attached hydrogens (primary N) is 1. The Labute approximate surface area is 76.4 Å². The molecule has 0 aromatic rings. The fourth-order valence-corrected chi connectivity index (χ4v) is 1.11. The summed E-state index contributed by atoms with van der Waals surface area (Å²) < 4.78 is 0. The minimum absolute atomic E-state index is 0.169. The first-order valence-electron chi connectivity index (χ1n) is 4.71. The van der Waals surface area contributed by atoms with Gasteiger partial charge in [-0.05, 0) is 33.4 Å². The molecule has 12 heavy (non-hydrogen) atoms. The standard InChI is InChI=1S/C10H22N2/c1-5-7-9(6-2)8-10(11)12(3)4/h7,10H,5-6,8,11H2,1-4H3/b9-7-. The van der Waals surface area contributed by atoms with Gasteiger partial charge in [-0.15, -0.1) is 0 Å². The summed E-state index contributed by atoms with van der Waals surface area (Å²) in [6, 6.07) is 0. The molecule has 0 saturated heterocycles. The molecule has 0 bridgehead atoms. The van der Waals surface area contributed by atoms with Gasteiger partial charge >= 0.3 is 0 Å². The third-order valence-electron chi connectivity index (χ3n) is 2.08. The third-order valence-corrected chi connectivity index (χ3v) is 2.08. The average molecular weight is 170 g/mol. The first kappa shape index (κ1) is 11.7. The highest BCUT2D eigenvalue weighted by atomic mass is 15.2. The Morgan fingerprint density at radius 3 is 2.33 bits per heavy atom. The zero-order chi connectivity index (χ0) is 9.56. The Kier molecular flexibility index (Phi) is 6.03. The van der Waals surface area contributed by atoms with Gasteiger partial charge in [0.2, 0.25) is 0 Å². The van der Waals surface area contributed by atoms with Crippen LogP contribution >= 0.6 is 0 Å². The van der Waals surface area contributed by atoms with Crippen LogP contribution in [0.3, 0.4) is 0 Å². The summed E-state index contributed by atoms with van der Waals surface area (Å²) in [4.78, 5) is 2.05. The second-order valence-corrected chi connectivity index (χ2v) is 3.36. The first-order valence-corrected chi connectivity index (χ1v) is 4.71. The molecule has 72 valence electrons.